The molecule has 7 nitrogen and oxygen atoms in total. The van der Waals surface area contributed by atoms with Gasteiger partial charge in [-0.3, -0.25) is 4.79 Å². The first-order chi connectivity index (χ1) is 16.1. The highest BCUT2D eigenvalue weighted by Gasteiger charge is 2.33. The zero-order valence-electron chi connectivity index (χ0n) is 18.5. The molecular formula is C26H25N3O4. The molecule has 5 rings (SSSR count). The van der Waals surface area contributed by atoms with E-state index >= 15 is 0 Å². The van der Waals surface area contributed by atoms with Crippen LogP contribution >= 0.6 is 0 Å². The Morgan fingerprint density at radius 2 is 1.88 bits per heavy atom. The number of nitrogens with zero attached hydrogens (tertiary/aromatic N) is 1. The van der Waals surface area contributed by atoms with Crippen molar-refractivity contribution in [2.24, 2.45) is 0 Å². The maximum atomic E-state index is 13.5. The van der Waals surface area contributed by atoms with Gasteiger partial charge >= 0.3 is 0 Å². The van der Waals surface area contributed by atoms with Crippen LogP contribution in [0.2, 0.25) is 0 Å². The van der Waals surface area contributed by atoms with Gasteiger partial charge in [-0.15, -0.1) is 0 Å². The molecule has 7 heteroatoms. The number of ether oxygens (including phenoxy) is 2. The van der Waals surface area contributed by atoms with Gasteiger partial charge in [-0.25, -0.2) is 0 Å². The molecule has 0 spiro atoms. The number of hydrogen-bond donors (Lipinski definition) is 3. The normalized spacial score (nSPS) is 15.3. The van der Waals surface area contributed by atoms with Crippen LogP contribution in [0.3, 0.4) is 0 Å². The third-order valence-electron chi connectivity index (χ3n) is 6.14. The van der Waals surface area contributed by atoms with Gasteiger partial charge in [0.1, 0.15) is 11.9 Å². The van der Waals surface area contributed by atoms with Crippen LogP contribution in [0.1, 0.15) is 27.7 Å². The average Bonchev–Trinajstić information content (AvgIpc) is 3.25. The van der Waals surface area contributed by atoms with Gasteiger partial charge in [0, 0.05) is 29.3 Å². The van der Waals surface area contributed by atoms with Gasteiger partial charge < -0.3 is 29.8 Å². The van der Waals surface area contributed by atoms with Gasteiger partial charge in [0.2, 0.25) is 0 Å². The molecule has 3 N–H and O–H groups in total. The first kappa shape index (κ1) is 20.8. The molecule has 1 amide bonds. The van der Waals surface area contributed by atoms with Crippen molar-refractivity contribution in [3.8, 4) is 17.2 Å². The second-order valence-electron chi connectivity index (χ2n) is 8.00. The van der Waals surface area contributed by atoms with Crippen molar-refractivity contribution in [2.75, 3.05) is 26.1 Å². The molecule has 0 aliphatic carbocycles. The number of para-hydroxylation sites is 1. The fourth-order valence-electron chi connectivity index (χ4n) is 4.38. The SMILES string of the molecule is COc1ccc2[nH]cc(CCN3C(=O)c4ccccc4NC3c3ccc(O)c(OC)c3)c2c1. The fourth-order valence-corrected chi connectivity index (χ4v) is 4.38. The maximum absolute atomic E-state index is 13.5. The lowest BCUT2D eigenvalue weighted by molar-refractivity contribution is 0.0685. The number of methoxy groups -OCH3 is 2. The Labute approximate surface area is 191 Å². The summed E-state index contributed by atoms with van der Waals surface area (Å²) in [5.74, 6) is 1.17. The summed E-state index contributed by atoms with van der Waals surface area (Å²) in [5.41, 5.74) is 4.39. The summed E-state index contributed by atoms with van der Waals surface area (Å²) in [4.78, 5) is 18.6. The van der Waals surface area contributed by atoms with Gasteiger partial charge in [-0.05, 0) is 60.0 Å². The lowest BCUT2D eigenvalue weighted by Gasteiger charge is -2.38. The number of phenolic OH excluding ortho intramolecular Hbond substituents is 1. The summed E-state index contributed by atoms with van der Waals surface area (Å²) < 4.78 is 10.7. The van der Waals surface area contributed by atoms with Crippen molar-refractivity contribution >= 4 is 22.5 Å². The summed E-state index contributed by atoms with van der Waals surface area (Å²) in [7, 11) is 3.16. The van der Waals surface area contributed by atoms with Crippen molar-refractivity contribution in [3.63, 3.8) is 0 Å². The lowest BCUT2D eigenvalue weighted by Crippen LogP contribution is -2.44. The summed E-state index contributed by atoms with van der Waals surface area (Å²) in [5, 5.41) is 14.6. The van der Waals surface area contributed by atoms with Gasteiger partial charge in [-0.2, -0.15) is 0 Å². The Bertz CT molecular complexity index is 1330. The Hall–Kier alpha value is -4.13. The molecule has 1 aliphatic rings. The highest BCUT2D eigenvalue weighted by molar-refractivity contribution is 6.01. The summed E-state index contributed by atoms with van der Waals surface area (Å²) in [6.45, 7) is 0.498. The van der Waals surface area contributed by atoms with E-state index in [9.17, 15) is 9.90 Å². The number of aromatic nitrogens is 1. The van der Waals surface area contributed by atoms with E-state index in [2.05, 4.69) is 10.3 Å². The maximum Gasteiger partial charge on any atom is 0.257 e. The second kappa shape index (κ2) is 8.43. The first-order valence-corrected chi connectivity index (χ1v) is 10.8. The molecular weight excluding hydrogens is 418 g/mol. The summed E-state index contributed by atoms with van der Waals surface area (Å²) >= 11 is 0. The van der Waals surface area contributed by atoms with E-state index in [1.54, 1.807) is 25.3 Å². The number of phenols is 1. The largest absolute Gasteiger partial charge is 0.504 e. The fraction of sp³-hybridized carbons (Fsp3) is 0.192. The lowest BCUT2D eigenvalue weighted by atomic mass is 10.0. The molecule has 0 bridgehead atoms. The molecule has 1 atom stereocenters. The molecule has 3 aromatic carbocycles. The number of aromatic amines is 1. The highest BCUT2D eigenvalue weighted by Crippen LogP contribution is 2.36. The molecule has 1 aromatic heterocycles. The van der Waals surface area contributed by atoms with E-state index in [-0.39, 0.29) is 11.7 Å². The molecule has 0 radical (unpaired) electrons. The topological polar surface area (TPSA) is 86.8 Å². The molecule has 1 aliphatic heterocycles. The zero-order valence-corrected chi connectivity index (χ0v) is 18.5. The number of carbonyl (C=O) groups is 1. The van der Waals surface area contributed by atoms with Gasteiger partial charge in [0.15, 0.2) is 11.5 Å². The van der Waals surface area contributed by atoms with Crippen LogP contribution in [-0.4, -0.2) is 41.7 Å². The highest BCUT2D eigenvalue weighted by atomic mass is 16.5. The minimum atomic E-state index is -0.401. The van der Waals surface area contributed by atoms with Gasteiger partial charge in [0.25, 0.3) is 5.91 Å². The molecule has 0 saturated carbocycles. The third kappa shape index (κ3) is 3.71. The minimum absolute atomic E-state index is 0.0428. The predicted molar refractivity (Wildman–Crippen MR) is 127 cm³/mol. The Balaban J connectivity index is 1.50. The number of fused-ring (bicyclic) bond motifs is 2. The van der Waals surface area contributed by atoms with Crippen LogP contribution in [0.15, 0.2) is 66.9 Å². The molecule has 0 saturated heterocycles. The minimum Gasteiger partial charge on any atom is -0.504 e. The molecule has 2 heterocycles. The van der Waals surface area contributed by atoms with Crippen LogP contribution in [0.4, 0.5) is 5.69 Å². The third-order valence-corrected chi connectivity index (χ3v) is 6.14. The van der Waals surface area contributed by atoms with Crippen molar-refractivity contribution in [1.29, 1.82) is 0 Å². The number of amides is 1. The first-order valence-electron chi connectivity index (χ1n) is 10.8. The van der Waals surface area contributed by atoms with E-state index in [1.165, 1.54) is 7.11 Å². The number of nitrogens with one attached hydrogen (secondary N) is 2. The number of benzene rings is 3. The van der Waals surface area contributed by atoms with Crippen molar-refractivity contribution in [2.45, 2.75) is 12.6 Å². The Kier molecular flexibility index (Phi) is 5.30. The van der Waals surface area contributed by atoms with Crippen molar-refractivity contribution < 1.29 is 19.4 Å². The number of hydrogen-bond acceptors (Lipinski definition) is 5. The van der Waals surface area contributed by atoms with E-state index in [1.807, 2.05) is 53.6 Å². The molecule has 1 unspecified atom stereocenters. The van der Waals surface area contributed by atoms with Crippen LogP contribution in [0, 0.1) is 0 Å². The summed E-state index contributed by atoms with van der Waals surface area (Å²) in [6.07, 6.45) is 2.24. The number of anilines is 1. The van der Waals surface area contributed by atoms with Crippen LogP contribution in [0.25, 0.3) is 10.9 Å². The average molecular weight is 444 g/mol. The summed E-state index contributed by atoms with van der Waals surface area (Å²) in [6, 6.07) is 18.6. The van der Waals surface area contributed by atoms with Gasteiger partial charge in [0.05, 0.1) is 19.8 Å². The van der Waals surface area contributed by atoms with Crippen LogP contribution in [0.5, 0.6) is 17.2 Å². The van der Waals surface area contributed by atoms with Gasteiger partial charge in [-0.1, -0.05) is 18.2 Å². The number of rotatable bonds is 6. The molecule has 0 fully saturated rings. The number of H-pyrrole nitrogens is 1. The zero-order chi connectivity index (χ0) is 22.9. The van der Waals surface area contributed by atoms with Crippen molar-refractivity contribution in [3.05, 3.63) is 83.6 Å². The predicted octanol–water partition coefficient (Wildman–Crippen LogP) is 4.70. The van der Waals surface area contributed by atoms with Crippen molar-refractivity contribution in [1.82, 2.24) is 9.88 Å². The van der Waals surface area contributed by atoms with E-state index in [0.717, 1.165) is 33.5 Å². The smallest absolute Gasteiger partial charge is 0.257 e. The Morgan fingerprint density at radius 1 is 1.03 bits per heavy atom. The van der Waals surface area contributed by atoms with Crippen LogP contribution < -0.4 is 14.8 Å². The van der Waals surface area contributed by atoms with E-state index in [0.29, 0.717) is 24.3 Å². The molecule has 4 aromatic rings. The number of carbonyl (C=O) groups excluding carboxylic acids is 1. The molecule has 33 heavy (non-hydrogen) atoms. The quantitative estimate of drug-likeness (QED) is 0.402. The van der Waals surface area contributed by atoms with E-state index < -0.39 is 6.17 Å². The standard InChI is InChI=1S/C26H25N3O4/c1-32-18-8-9-21-20(14-18)17(15-27-21)11-12-29-25(16-7-10-23(30)24(13-16)33-2)28-22-6-4-3-5-19(22)26(29)31/h3-10,13-15,25,27-28,30H,11-12H2,1-2H3. The van der Waals surface area contributed by atoms with E-state index in [4.69, 9.17) is 9.47 Å². The molecule has 168 valence electrons. The van der Waals surface area contributed by atoms with Crippen LogP contribution in [-0.2, 0) is 6.42 Å². The Morgan fingerprint density at radius 3 is 2.70 bits per heavy atom. The second-order valence-corrected chi connectivity index (χ2v) is 8.00. The monoisotopic (exact) mass is 443 g/mol. The number of aromatic hydroxyl groups is 1.